The van der Waals surface area contributed by atoms with Gasteiger partial charge in [0.2, 0.25) is 4.96 Å². The van der Waals surface area contributed by atoms with Crippen LogP contribution in [0.5, 0.6) is 11.5 Å². The summed E-state index contributed by atoms with van der Waals surface area (Å²) in [4.78, 5) is 0.862. The highest BCUT2D eigenvalue weighted by Crippen LogP contribution is 2.37. The van der Waals surface area contributed by atoms with Crippen molar-refractivity contribution >= 4 is 16.3 Å². The maximum Gasteiger partial charge on any atom is 0.234 e. The third kappa shape index (κ3) is 2.34. The van der Waals surface area contributed by atoms with E-state index in [2.05, 4.69) is 10.2 Å². The second-order valence-electron chi connectivity index (χ2n) is 6.35. The van der Waals surface area contributed by atoms with Crippen LogP contribution in [0, 0.1) is 0 Å². The van der Waals surface area contributed by atoms with Crippen molar-refractivity contribution in [1.29, 1.82) is 0 Å². The van der Waals surface area contributed by atoms with Crippen molar-refractivity contribution in [2.45, 2.75) is 38.0 Å². The Morgan fingerprint density at radius 1 is 1.00 bits per heavy atom. The number of nitrogens with zero attached hydrogens (tertiary/aromatic N) is 4. The molecule has 2 aliphatic rings. The second kappa shape index (κ2) is 5.73. The molecule has 3 aromatic rings. The van der Waals surface area contributed by atoms with Gasteiger partial charge in [-0.15, -0.1) is 10.2 Å². The van der Waals surface area contributed by atoms with Crippen LogP contribution in [-0.2, 0) is 0 Å². The quantitative estimate of drug-likeness (QED) is 0.711. The minimum Gasteiger partial charge on any atom is -0.486 e. The molecule has 124 valence electrons. The first-order valence-corrected chi connectivity index (χ1v) is 9.32. The summed E-state index contributed by atoms with van der Waals surface area (Å²) in [6.07, 6.45) is 6.27. The highest BCUT2D eigenvalue weighted by molar-refractivity contribution is 7.19. The summed E-state index contributed by atoms with van der Waals surface area (Å²) in [6.45, 7) is 1.20. The van der Waals surface area contributed by atoms with E-state index in [1.54, 1.807) is 11.3 Å². The van der Waals surface area contributed by atoms with E-state index in [1.165, 1.54) is 32.1 Å². The summed E-state index contributed by atoms with van der Waals surface area (Å²) >= 11 is 1.57. The zero-order chi connectivity index (χ0) is 15.9. The highest BCUT2D eigenvalue weighted by atomic mass is 32.1. The number of fused-ring (bicyclic) bond motifs is 2. The molecule has 0 spiro atoms. The maximum atomic E-state index is 5.68. The molecular weight excluding hydrogens is 324 g/mol. The number of hydrogen-bond acceptors (Lipinski definition) is 6. The molecule has 24 heavy (non-hydrogen) atoms. The minimum atomic E-state index is 0.490. The number of ether oxygens (including phenoxy) is 2. The molecule has 1 saturated carbocycles. The molecule has 7 heteroatoms. The summed E-state index contributed by atoms with van der Waals surface area (Å²) in [5.74, 6) is 3.10. The van der Waals surface area contributed by atoms with Gasteiger partial charge in [0.25, 0.3) is 0 Å². The van der Waals surface area contributed by atoms with Crippen molar-refractivity contribution in [3.63, 3.8) is 0 Å². The summed E-state index contributed by atoms with van der Waals surface area (Å²) in [5, 5.41) is 14.5. The number of hydrogen-bond donors (Lipinski definition) is 0. The molecule has 6 nitrogen and oxygen atoms in total. The molecule has 3 heterocycles. The standard InChI is InChI=1S/C17H18N4O2S/c1-2-4-11(5-3-1)15-18-19-17-21(15)20-16(24-17)12-6-7-13-14(10-12)23-9-8-22-13/h6-7,10-11H,1-5,8-9H2. The molecule has 0 saturated heterocycles. The smallest absolute Gasteiger partial charge is 0.234 e. The van der Waals surface area contributed by atoms with Gasteiger partial charge in [0.1, 0.15) is 18.2 Å². The van der Waals surface area contributed by atoms with Gasteiger partial charge in [-0.2, -0.15) is 9.61 Å². The summed E-state index contributed by atoms with van der Waals surface area (Å²) < 4.78 is 13.2. The van der Waals surface area contributed by atoms with Gasteiger partial charge < -0.3 is 9.47 Å². The van der Waals surface area contributed by atoms with Gasteiger partial charge in [0, 0.05) is 11.5 Å². The van der Waals surface area contributed by atoms with Crippen molar-refractivity contribution < 1.29 is 9.47 Å². The molecular formula is C17H18N4O2S. The Morgan fingerprint density at radius 2 is 1.83 bits per heavy atom. The summed E-state index contributed by atoms with van der Waals surface area (Å²) in [5.41, 5.74) is 1.03. The fourth-order valence-corrected chi connectivity index (χ4v) is 4.38. The van der Waals surface area contributed by atoms with Crippen molar-refractivity contribution in [2.24, 2.45) is 0 Å². The van der Waals surface area contributed by atoms with Crippen molar-refractivity contribution in [1.82, 2.24) is 19.8 Å². The molecule has 0 N–H and O–H groups in total. The monoisotopic (exact) mass is 342 g/mol. The zero-order valence-corrected chi connectivity index (χ0v) is 14.1. The predicted molar refractivity (Wildman–Crippen MR) is 90.9 cm³/mol. The van der Waals surface area contributed by atoms with E-state index in [0.717, 1.165) is 32.9 Å². The fourth-order valence-electron chi connectivity index (χ4n) is 3.54. The Labute approximate surface area is 143 Å². The van der Waals surface area contributed by atoms with E-state index in [4.69, 9.17) is 14.6 Å². The molecule has 2 aromatic heterocycles. The predicted octanol–water partition coefficient (Wildman–Crippen LogP) is 3.67. The average molecular weight is 342 g/mol. The summed E-state index contributed by atoms with van der Waals surface area (Å²) in [7, 11) is 0. The highest BCUT2D eigenvalue weighted by Gasteiger charge is 2.23. The second-order valence-corrected chi connectivity index (χ2v) is 7.31. The van der Waals surface area contributed by atoms with Gasteiger partial charge in [-0.05, 0) is 31.0 Å². The van der Waals surface area contributed by atoms with Gasteiger partial charge >= 0.3 is 0 Å². The van der Waals surface area contributed by atoms with E-state index in [1.807, 2.05) is 22.7 Å². The van der Waals surface area contributed by atoms with Crippen LogP contribution in [0.2, 0.25) is 0 Å². The van der Waals surface area contributed by atoms with E-state index >= 15 is 0 Å². The Kier molecular flexibility index (Phi) is 3.40. The van der Waals surface area contributed by atoms with Crippen LogP contribution in [0.4, 0.5) is 0 Å². The number of benzene rings is 1. The molecule has 1 aromatic carbocycles. The van der Waals surface area contributed by atoms with Crippen LogP contribution in [0.1, 0.15) is 43.8 Å². The maximum absolute atomic E-state index is 5.68. The van der Waals surface area contributed by atoms with E-state index in [0.29, 0.717) is 19.1 Å². The van der Waals surface area contributed by atoms with E-state index in [9.17, 15) is 0 Å². The molecule has 1 aliphatic heterocycles. The van der Waals surface area contributed by atoms with Crippen LogP contribution >= 0.6 is 11.3 Å². The molecule has 0 amide bonds. The lowest BCUT2D eigenvalue weighted by Gasteiger charge is -2.19. The average Bonchev–Trinajstić information content (AvgIpc) is 3.23. The Bertz CT molecular complexity index is 882. The third-order valence-electron chi connectivity index (χ3n) is 4.77. The Morgan fingerprint density at radius 3 is 2.71 bits per heavy atom. The van der Waals surface area contributed by atoms with Crippen LogP contribution in [0.25, 0.3) is 15.5 Å². The lowest BCUT2D eigenvalue weighted by atomic mass is 9.89. The first-order chi connectivity index (χ1) is 11.9. The first-order valence-electron chi connectivity index (χ1n) is 8.51. The van der Waals surface area contributed by atoms with Crippen LogP contribution in [-0.4, -0.2) is 33.0 Å². The van der Waals surface area contributed by atoms with Crippen LogP contribution < -0.4 is 9.47 Å². The van der Waals surface area contributed by atoms with Gasteiger partial charge in [0.15, 0.2) is 17.3 Å². The SMILES string of the molecule is c1cc2c(cc1-c1nn3c(C4CCCCC4)nnc3s1)OCCO2. The molecule has 1 fully saturated rings. The van der Waals surface area contributed by atoms with Crippen LogP contribution in [0.3, 0.4) is 0 Å². The lowest BCUT2D eigenvalue weighted by Crippen LogP contribution is -2.15. The lowest BCUT2D eigenvalue weighted by molar-refractivity contribution is 0.171. The van der Waals surface area contributed by atoms with Crippen molar-refractivity contribution in [3.8, 4) is 22.1 Å². The van der Waals surface area contributed by atoms with Crippen molar-refractivity contribution in [2.75, 3.05) is 13.2 Å². The Balaban J connectivity index is 1.52. The molecule has 0 radical (unpaired) electrons. The van der Waals surface area contributed by atoms with Gasteiger partial charge in [-0.25, -0.2) is 0 Å². The molecule has 0 unspecified atom stereocenters. The molecule has 0 atom stereocenters. The fraction of sp³-hybridized carbons (Fsp3) is 0.471. The number of aromatic nitrogens is 4. The van der Waals surface area contributed by atoms with E-state index < -0.39 is 0 Å². The topological polar surface area (TPSA) is 61.5 Å². The van der Waals surface area contributed by atoms with E-state index in [-0.39, 0.29) is 0 Å². The number of rotatable bonds is 2. The van der Waals surface area contributed by atoms with Crippen molar-refractivity contribution in [3.05, 3.63) is 24.0 Å². The van der Waals surface area contributed by atoms with Gasteiger partial charge in [-0.3, -0.25) is 0 Å². The molecule has 0 bridgehead atoms. The van der Waals surface area contributed by atoms with Crippen LogP contribution in [0.15, 0.2) is 18.2 Å². The molecule has 1 aliphatic carbocycles. The normalized spacial score (nSPS) is 18.2. The largest absolute Gasteiger partial charge is 0.486 e. The first kappa shape index (κ1) is 14.2. The zero-order valence-electron chi connectivity index (χ0n) is 13.3. The molecule has 5 rings (SSSR count). The van der Waals surface area contributed by atoms with Gasteiger partial charge in [0.05, 0.1) is 0 Å². The summed E-state index contributed by atoms with van der Waals surface area (Å²) in [6, 6.07) is 5.98. The Hall–Kier alpha value is -2.15. The third-order valence-corrected chi connectivity index (χ3v) is 5.72. The minimum absolute atomic E-state index is 0.490. The van der Waals surface area contributed by atoms with Gasteiger partial charge in [-0.1, -0.05) is 30.6 Å².